The molecule has 1 aliphatic rings. The van der Waals surface area contributed by atoms with Crippen LogP contribution >= 0.6 is 0 Å². The highest BCUT2D eigenvalue weighted by molar-refractivity contribution is 5.47. The van der Waals surface area contributed by atoms with E-state index in [-0.39, 0.29) is 0 Å². The van der Waals surface area contributed by atoms with Gasteiger partial charge >= 0.3 is 0 Å². The normalized spacial score (nSPS) is 14.2. The quantitative estimate of drug-likeness (QED) is 0.806. The predicted octanol–water partition coefficient (Wildman–Crippen LogP) is 2.05. The van der Waals surface area contributed by atoms with Crippen molar-refractivity contribution >= 4 is 5.82 Å². The molecule has 0 radical (unpaired) electrons. The van der Waals surface area contributed by atoms with Crippen molar-refractivity contribution in [3.8, 4) is 5.75 Å². The molecular weight excluding hydrogens is 226 g/mol. The Morgan fingerprint density at radius 3 is 3.00 bits per heavy atom. The average molecular weight is 241 g/mol. The molecule has 1 aromatic carbocycles. The summed E-state index contributed by atoms with van der Waals surface area (Å²) in [7, 11) is 1.73. The van der Waals surface area contributed by atoms with Crippen molar-refractivity contribution in [1.29, 1.82) is 0 Å². The van der Waals surface area contributed by atoms with Crippen LogP contribution in [0.2, 0.25) is 0 Å². The van der Waals surface area contributed by atoms with Gasteiger partial charge in [0.2, 0.25) is 0 Å². The Balaban J connectivity index is 1.90. The van der Waals surface area contributed by atoms with Crippen LogP contribution in [0.4, 0.5) is 5.82 Å². The Morgan fingerprint density at radius 2 is 2.22 bits per heavy atom. The van der Waals surface area contributed by atoms with Crippen LogP contribution in [0.5, 0.6) is 5.75 Å². The number of rotatable bonds is 2. The lowest BCUT2D eigenvalue weighted by atomic mass is 9.99. The zero-order chi connectivity index (χ0) is 12.4. The summed E-state index contributed by atoms with van der Waals surface area (Å²) in [5, 5.41) is 0. The van der Waals surface area contributed by atoms with Crippen LogP contribution in [0.3, 0.4) is 0 Å². The van der Waals surface area contributed by atoms with Gasteiger partial charge in [0.25, 0.3) is 0 Å². The lowest BCUT2D eigenvalue weighted by Gasteiger charge is -2.30. The maximum atomic E-state index is 5.41. The Labute approximate surface area is 106 Å². The van der Waals surface area contributed by atoms with E-state index in [0.29, 0.717) is 0 Å². The molecule has 0 bridgehead atoms. The first kappa shape index (κ1) is 11.0. The molecule has 92 valence electrons. The van der Waals surface area contributed by atoms with E-state index in [9.17, 15) is 0 Å². The van der Waals surface area contributed by atoms with E-state index in [1.165, 1.54) is 11.1 Å². The number of hydrogen-bond donors (Lipinski definition) is 0. The highest BCUT2D eigenvalue weighted by atomic mass is 16.5. The number of benzene rings is 1. The van der Waals surface area contributed by atoms with Crippen LogP contribution in [0.25, 0.3) is 0 Å². The Kier molecular flexibility index (Phi) is 2.84. The van der Waals surface area contributed by atoms with Gasteiger partial charge in [-0.25, -0.2) is 4.98 Å². The summed E-state index contributed by atoms with van der Waals surface area (Å²) < 4.78 is 5.41. The van der Waals surface area contributed by atoms with Crippen molar-refractivity contribution < 1.29 is 4.74 Å². The topological polar surface area (TPSA) is 38.2 Å². The lowest BCUT2D eigenvalue weighted by Crippen LogP contribution is -2.31. The highest BCUT2D eigenvalue weighted by Gasteiger charge is 2.19. The van der Waals surface area contributed by atoms with Gasteiger partial charge in [-0.2, -0.15) is 0 Å². The predicted molar refractivity (Wildman–Crippen MR) is 69.8 cm³/mol. The molecule has 4 heteroatoms. The molecule has 0 N–H and O–H groups in total. The van der Waals surface area contributed by atoms with Crippen molar-refractivity contribution in [1.82, 2.24) is 9.97 Å². The van der Waals surface area contributed by atoms with Gasteiger partial charge in [-0.3, -0.25) is 4.98 Å². The smallest absolute Gasteiger partial charge is 0.147 e. The summed E-state index contributed by atoms with van der Waals surface area (Å²) in [5.74, 6) is 1.93. The van der Waals surface area contributed by atoms with Crippen molar-refractivity contribution in [2.45, 2.75) is 13.0 Å². The highest BCUT2D eigenvalue weighted by Crippen LogP contribution is 2.29. The van der Waals surface area contributed by atoms with E-state index < -0.39 is 0 Å². The molecule has 1 aromatic heterocycles. The van der Waals surface area contributed by atoms with Gasteiger partial charge in [0, 0.05) is 31.0 Å². The summed E-state index contributed by atoms with van der Waals surface area (Å²) in [6, 6.07) is 6.22. The second-order valence-electron chi connectivity index (χ2n) is 4.33. The number of aromatic nitrogens is 2. The molecule has 0 spiro atoms. The Morgan fingerprint density at radius 1 is 1.28 bits per heavy atom. The molecule has 0 amide bonds. The average Bonchev–Trinajstić information content (AvgIpc) is 2.47. The van der Waals surface area contributed by atoms with Gasteiger partial charge in [-0.15, -0.1) is 0 Å². The van der Waals surface area contributed by atoms with Gasteiger partial charge in [0.05, 0.1) is 13.3 Å². The van der Waals surface area contributed by atoms with Crippen molar-refractivity contribution in [2.75, 3.05) is 18.6 Å². The lowest BCUT2D eigenvalue weighted by molar-refractivity contribution is 0.407. The van der Waals surface area contributed by atoms with Crippen molar-refractivity contribution in [3.63, 3.8) is 0 Å². The molecule has 0 saturated heterocycles. The fourth-order valence-electron chi connectivity index (χ4n) is 2.42. The van der Waals surface area contributed by atoms with Gasteiger partial charge in [-0.05, 0) is 18.1 Å². The molecular formula is C14H15N3O. The van der Waals surface area contributed by atoms with E-state index in [1.807, 2.05) is 18.3 Å². The van der Waals surface area contributed by atoms with Crippen LogP contribution in [-0.2, 0) is 13.0 Å². The number of fused-ring (bicyclic) bond motifs is 1. The third kappa shape index (κ3) is 1.90. The van der Waals surface area contributed by atoms with Crippen LogP contribution in [0.1, 0.15) is 11.1 Å². The van der Waals surface area contributed by atoms with Crippen LogP contribution < -0.4 is 9.64 Å². The van der Waals surface area contributed by atoms with Crippen molar-refractivity contribution in [3.05, 3.63) is 47.9 Å². The monoisotopic (exact) mass is 241 g/mol. The van der Waals surface area contributed by atoms with Gasteiger partial charge in [0.15, 0.2) is 0 Å². The molecule has 2 heterocycles. The van der Waals surface area contributed by atoms with Crippen LogP contribution in [0.15, 0.2) is 36.8 Å². The standard InChI is InChI=1S/C14H15N3O/c1-18-13-4-2-3-11-10-17(8-5-12(11)13)14-9-15-6-7-16-14/h2-4,6-7,9H,5,8,10H2,1H3. The van der Waals surface area contributed by atoms with Gasteiger partial charge in [-0.1, -0.05) is 12.1 Å². The summed E-state index contributed by atoms with van der Waals surface area (Å²) >= 11 is 0. The third-order valence-corrected chi connectivity index (χ3v) is 3.32. The summed E-state index contributed by atoms with van der Waals surface area (Å²) in [4.78, 5) is 10.7. The first-order valence-electron chi connectivity index (χ1n) is 6.04. The fraction of sp³-hybridized carbons (Fsp3) is 0.286. The first-order valence-corrected chi connectivity index (χ1v) is 6.04. The summed E-state index contributed by atoms with van der Waals surface area (Å²) in [6.07, 6.45) is 6.22. The molecule has 18 heavy (non-hydrogen) atoms. The van der Waals surface area contributed by atoms with E-state index >= 15 is 0 Å². The minimum Gasteiger partial charge on any atom is -0.496 e. The Hall–Kier alpha value is -2.10. The maximum absolute atomic E-state index is 5.41. The number of hydrogen-bond acceptors (Lipinski definition) is 4. The number of methoxy groups -OCH3 is 1. The minimum absolute atomic E-state index is 0.866. The minimum atomic E-state index is 0.866. The van der Waals surface area contributed by atoms with E-state index in [4.69, 9.17) is 4.74 Å². The molecule has 3 rings (SSSR count). The molecule has 0 unspecified atom stereocenters. The molecule has 4 nitrogen and oxygen atoms in total. The maximum Gasteiger partial charge on any atom is 0.147 e. The Bertz CT molecular complexity index is 542. The molecule has 0 fully saturated rings. The van der Waals surface area contributed by atoms with E-state index in [1.54, 1.807) is 19.5 Å². The zero-order valence-electron chi connectivity index (χ0n) is 10.3. The summed E-state index contributed by atoms with van der Waals surface area (Å²) in [5.41, 5.74) is 2.63. The zero-order valence-corrected chi connectivity index (χ0v) is 10.3. The third-order valence-electron chi connectivity index (χ3n) is 3.32. The first-order chi connectivity index (χ1) is 8.88. The van der Waals surface area contributed by atoms with E-state index in [2.05, 4.69) is 20.9 Å². The SMILES string of the molecule is COc1cccc2c1CCN(c1cnccn1)C2. The molecule has 2 aromatic rings. The molecule has 0 saturated carbocycles. The molecule has 1 aliphatic heterocycles. The molecule has 0 aliphatic carbocycles. The van der Waals surface area contributed by atoms with Crippen molar-refractivity contribution in [2.24, 2.45) is 0 Å². The number of ether oxygens (including phenoxy) is 1. The number of nitrogens with zero attached hydrogens (tertiary/aromatic N) is 3. The molecule has 0 atom stereocenters. The number of anilines is 1. The fourth-order valence-corrected chi connectivity index (χ4v) is 2.42. The van der Waals surface area contributed by atoms with Crippen LogP contribution in [0, 0.1) is 0 Å². The van der Waals surface area contributed by atoms with Gasteiger partial charge in [0.1, 0.15) is 11.6 Å². The van der Waals surface area contributed by atoms with Crippen LogP contribution in [-0.4, -0.2) is 23.6 Å². The van der Waals surface area contributed by atoms with E-state index in [0.717, 1.165) is 31.1 Å². The largest absolute Gasteiger partial charge is 0.496 e. The second-order valence-corrected chi connectivity index (χ2v) is 4.33. The van der Waals surface area contributed by atoms with Gasteiger partial charge < -0.3 is 9.64 Å². The second kappa shape index (κ2) is 4.64. The summed E-state index contributed by atoms with van der Waals surface area (Å²) in [6.45, 7) is 1.82.